The molecule has 1 fully saturated rings. The summed E-state index contributed by atoms with van der Waals surface area (Å²) in [5, 5.41) is 11.9. The number of hydrogen-bond donors (Lipinski definition) is 1. The van der Waals surface area contributed by atoms with Crippen molar-refractivity contribution in [1.82, 2.24) is 5.32 Å². The Morgan fingerprint density at radius 1 is 1.19 bits per heavy atom. The van der Waals surface area contributed by atoms with Gasteiger partial charge in [0.25, 0.3) is 0 Å². The third kappa shape index (κ3) is 4.23. The van der Waals surface area contributed by atoms with Crippen LogP contribution in [0, 0.1) is 17.1 Å². The van der Waals surface area contributed by atoms with Gasteiger partial charge in [-0.05, 0) is 60.2 Å². The molecule has 2 heterocycles. The molecule has 6 nitrogen and oxygen atoms in total. The van der Waals surface area contributed by atoms with Crippen molar-refractivity contribution in [3.05, 3.63) is 53.3 Å². The van der Waals surface area contributed by atoms with Gasteiger partial charge in [0, 0.05) is 50.8 Å². The molecule has 4 rings (SSSR count). The molecule has 0 saturated carbocycles. The number of anilines is 1. The minimum Gasteiger partial charge on any atom is -0.381 e. The molecule has 166 valence electrons. The second-order valence-corrected chi connectivity index (χ2v) is 8.50. The normalized spacial score (nSPS) is 16.5. The van der Waals surface area contributed by atoms with E-state index in [9.17, 15) is 19.2 Å². The monoisotopic (exact) mass is 435 g/mol. The Bertz CT molecular complexity index is 1090. The van der Waals surface area contributed by atoms with E-state index in [4.69, 9.17) is 4.74 Å². The Hall–Kier alpha value is -3.24. The summed E-state index contributed by atoms with van der Waals surface area (Å²) in [6.07, 6.45) is 2.60. The summed E-state index contributed by atoms with van der Waals surface area (Å²) in [7, 11) is 0. The van der Waals surface area contributed by atoms with E-state index in [1.807, 2.05) is 23.1 Å². The van der Waals surface area contributed by atoms with Crippen LogP contribution in [-0.4, -0.2) is 38.1 Å². The van der Waals surface area contributed by atoms with Crippen molar-refractivity contribution < 1.29 is 18.7 Å². The van der Waals surface area contributed by atoms with Crippen LogP contribution in [0.25, 0.3) is 11.1 Å². The zero-order chi connectivity index (χ0) is 22.7. The summed E-state index contributed by atoms with van der Waals surface area (Å²) in [6.45, 7) is 3.84. The summed E-state index contributed by atoms with van der Waals surface area (Å²) >= 11 is 0. The van der Waals surface area contributed by atoms with E-state index >= 15 is 0 Å². The van der Waals surface area contributed by atoms with Crippen molar-refractivity contribution in [2.75, 3.05) is 31.2 Å². The first-order valence-corrected chi connectivity index (χ1v) is 10.9. The number of ether oxygens (including phenoxy) is 1. The largest absolute Gasteiger partial charge is 0.381 e. The van der Waals surface area contributed by atoms with Crippen LogP contribution in [-0.2, 0) is 19.7 Å². The Morgan fingerprint density at radius 3 is 2.62 bits per heavy atom. The minimum atomic E-state index is -0.533. The lowest BCUT2D eigenvalue weighted by Gasteiger charge is -2.34. The van der Waals surface area contributed by atoms with Crippen molar-refractivity contribution in [3.8, 4) is 17.2 Å². The number of halogens is 1. The molecule has 1 spiro atoms. The van der Waals surface area contributed by atoms with Gasteiger partial charge in [-0.1, -0.05) is 12.1 Å². The predicted octanol–water partition coefficient (Wildman–Crippen LogP) is 3.68. The van der Waals surface area contributed by atoms with Crippen molar-refractivity contribution in [1.29, 1.82) is 5.26 Å². The molecule has 0 radical (unpaired) electrons. The highest BCUT2D eigenvalue weighted by Gasteiger charge is 2.45. The maximum Gasteiger partial charge on any atom is 0.227 e. The molecule has 1 N–H and O–H groups in total. The van der Waals surface area contributed by atoms with Crippen LogP contribution in [0.5, 0.6) is 0 Å². The Kier molecular flexibility index (Phi) is 6.24. The molecule has 1 saturated heterocycles. The van der Waals surface area contributed by atoms with Crippen LogP contribution < -0.4 is 10.2 Å². The van der Waals surface area contributed by atoms with Crippen LogP contribution in [0.15, 0.2) is 36.4 Å². The van der Waals surface area contributed by atoms with Gasteiger partial charge in [0.1, 0.15) is 11.9 Å². The lowest BCUT2D eigenvalue weighted by atomic mass is 9.75. The number of hydrogen-bond acceptors (Lipinski definition) is 4. The Labute approximate surface area is 187 Å². The highest BCUT2D eigenvalue weighted by atomic mass is 19.1. The van der Waals surface area contributed by atoms with Crippen molar-refractivity contribution in [3.63, 3.8) is 0 Å². The van der Waals surface area contributed by atoms with E-state index in [0.29, 0.717) is 39.1 Å². The third-order valence-corrected chi connectivity index (χ3v) is 6.43. The van der Waals surface area contributed by atoms with Crippen molar-refractivity contribution in [2.45, 2.75) is 38.0 Å². The lowest BCUT2D eigenvalue weighted by molar-refractivity contribution is -0.120. The van der Waals surface area contributed by atoms with E-state index in [2.05, 4.69) is 11.4 Å². The van der Waals surface area contributed by atoms with Crippen molar-refractivity contribution in [2.24, 2.45) is 0 Å². The molecule has 0 aliphatic carbocycles. The first kappa shape index (κ1) is 22.0. The van der Waals surface area contributed by atoms with Gasteiger partial charge in [-0.2, -0.15) is 5.26 Å². The van der Waals surface area contributed by atoms with E-state index in [-0.39, 0.29) is 22.8 Å². The van der Waals surface area contributed by atoms with Crippen LogP contribution in [0.3, 0.4) is 0 Å². The number of carbonyl (C=O) groups is 2. The third-order valence-electron chi connectivity index (χ3n) is 6.43. The highest BCUT2D eigenvalue weighted by Crippen LogP contribution is 2.48. The van der Waals surface area contributed by atoms with Crippen LogP contribution in [0.2, 0.25) is 0 Å². The Balaban J connectivity index is 1.65. The molecule has 0 bridgehead atoms. The minimum absolute atomic E-state index is 0.0137. The molecule has 32 heavy (non-hydrogen) atoms. The zero-order valence-electron chi connectivity index (χ0n) is 18.1. The standard InChI is InChI=1S/C25H26FN3O3/c1-17(30)28-10-2-3-24(31)29-16-25(8-11-32-12-9-25)21-14-19(5-7-23(21)29)18-4-6-22(26)20(13-18)15-27/h4-7,13-14H,2-3,8-12,16H2,1H3,(H,28,30). The Morgan fingerprint density at radius 2 is 1.91 bits per heavy atom. The summed E-state index contributed by atoms with van der Waals surface area (Å²) in [5.41, 5.74) is 3.52. The fourth-order valence-electron chi connectivity index (χ4n) is 4.69. The molecule has 2 amide bonds. The number of nitrogens with one attached hydrogen (secondary N) is 1. The van der Waals surface area contributed by atoms with Crippen molar-refractivity contribution >= 4 is 17.5 Å². The second kappa shape index (κ2) is 9.09. The van der Waals surface area contributed by atoms with E-state index < -0.39 is 5.82 Å². The maximum absolute atomic E-state index is 13.8. The zero-order valence-corrected chi connectivity index (χ0v) is 18.1. The SMILES string of the molecule is CC(=O)NCCCC(=O)N1CC2(CCOCC2)c2cc(-c3ccc(F)c(C#N)c3)ccc21. The topological polar surface area (TPSA) is 82.4 Å². The first-order valence-electron chi connectivity index (χ1n) is 10.9. The second-order valence-electron chi connectivity index (χ2n) is 8.50. The van der Waals surface area contributed by atoms with E-state index in [1.165, 1.54) is 13.0 Å². The number of fused-ring (bicyclic) bond motifs is 2. The molecule has 0 aromatic heterocycles. The summed E-state index contributed by atoms with van der Waals surface area (Å²) in [4.78, 5) is 26.0. The molecule has 2 aromatic rings. The summed E-state index contributed by atoms with van der Waals surface area (Å²) in [6, 6.07) is 12.4. The first-order chi connectivity index (χ1) is 15.4. The number of benzene rings is 2. The van der Waals surface area contributed by atoms with Gasteiger partial charge in [0.2, 0.25) is 11.8 Å². The average Bonchev–Trinajstić information content (AvgIpc) is 3.10. The molecule has 0 unspecified atom stereocenters. The maximum atomic E-state index is 13.8. The van der Waals surface area contributed by atoms with Crippen LogP contribution >= 0.6 is 0 Å². The molecular formula is C25H26FN3O3. The predicted molar refractivity (Wildman–Crippen MR) is 119 cm³/mol. The van der Waals surface area contributed by atoms with Gasteiger partial charge in [-0.15, -0.1) is 0 Å². The molecule has 2 aromatic carbocycles. The summed E-state index contributed by atoms with van der Waals surface area (Å²) in [5.74, 6) is -0.589. The molecule has 0 atom stereocenters. The number of nitrogens with zero attached hydrogens (tertiary/aromatic N) is 2. The van der Waals surface area contributed by atoms with Gasteiger partial charge in [0.05, 0.1) is 5.56 Å². The van der Waals surface area contributed by atoms with Gasteiger partial charge in [0.15, 0.2) is 0 Å². The van der Waals surface area contributed by atoms with Crippen LogP contribution in [0.1, 0.15) is 43.7 Å². The molecular weight excluding hydrogens is 409 g/mol. The number of carbonyl (C=O) groups excluding carboxylic acids is 2. The lowest BCUT2D eigenvalue weighted by Crippen LogP contribution is -2.40. The molecule has 7 heteroatoms. The van der Waals surface area contributed by atoms with Gasteiger partial charge >= 0.3 is 0 Å². The van der Waals surface area contributed by atoms with Gasteiger partial charge in [-0.25, -0.2) is 4.39 Å². The van der Waals surface area contributed by atoms with Gasteiger partial charge < -0.3 is 15.0 Å². The molecule has 2 aliphatic heterocycles. The highest BCUT2D eigenvalue weighted by molar-refractivity contribution is 5.97. The number of rotatable bonds is 5. The smallest absolute Gasteiger partial charge is 0.227 e. The van der Waals surface area contributed by atoms with E-state index in [1.54, 1.807) is 12.1 Å². The number of amides is 2. The quantitative estimate of drug-likeness (QED) is 0.727. The fraction of sp³-hybridized carbons (Fsp3) is 0.400. The molecule has 2 aliphatic rings. The van der Waals surface area contributed by atoms with E-state index in [0.717, 1.165) is 35.2 Å². The van der Waals surface area contributed by atoms with Gasteiger partial charge in [-0.3, -0.25) is 9.59 Å². The number of nitriles is 1. The van der Waals surface area contributed by atoms with Crippen LogP contribution in [0.4, 0.5) is 10.1 Å². The average molecular weight is 435 g/mol. The summed E-state index contributed by atoms with van der Waals surface area (Å²) < 4.78 is 19.4. The fourth-order valence-corrected chi connectivity index (χ4v) is 4.69.